The second-order valence-corrected chi connectivity index (χ2v) is 6.02. The lowest BCUT2D eigenvalue weighted by molar-refractivity contribution is -0.123. The Labute approximate surface area is 146 Å². The Morgan fingerprint density at radius 2 is 2.12 bits per heavy atom. The molecule has 0 saturated heterocycles. The summed E-state index contributed by atoms with van der Waals surface area (Å²) in [5.41, 5.74) is 1.88. The van der Waals surface area contributed by atoms with Crippen LogP contribution in [0.4, 0.5) is 4.39 Å². The number of hydrogen-bond acceptors (Lipinski definition) is 3. The largest absolute Gasteiger partial charge is 0.483 e. The Kier molecular flexibility index (Phi) is 5.10. The van der Waals surface area contributed by atoms with Crippen LogP contribution in [0.2, 0.25) is 0 Å². The fraction of sp³-hybridized carbons (Fsp3) is 0.176. The first-order valence-corrected chi connectivity index (χ1v) is 8.19. The fourth-order valence-electron chi connectivity index (χ4n) is 2.23. The molecule has 0 fully saturated rings. The minimum atomic E-state index is -0.371. The molecule has 0 aliphatic heterocycles. The Balaban J connectivity index is 1.45. The van der Waals surface area contributed by atoms with E-state index in [1.54, 1.807) is 0 Å². The maximum absolute atomic E-state index is 13.0. The number of H-pyrrole nitrogens is 1. The maximum Gasteiger partial charge on any atom is 0.257 e. The van der Waals surface area contributed by atoms with Crippen molar-refractivity contribution in [1.82, 2.24) is 15.3 Å². The molecule has 7 heteroatoms. The molecule has 0 bridgehead atoms. The number of fused-ring (bicyclic) bond motifs is 1. The van der Waals surface area contributed by atoms with Crippen LogP contribution in [0.25, 0.3) is 11.0 Å². The predicted octanol–water partition coefficient (Wildman–Crippen LogP) is 3.20. The number of aromatic nitrogens is 2. The van der Waals surface area contributed by atoms with Crippen LogP contribution in [-0.2, 0) is 11.2 Å². The SMILES string of the molecule is O=C(COc1ccc(F)cc1Br)NCCc1nc2ccccc2[nH]1. The van der Waals surface area contributed by atoms with Gasteiger partial charge in [0, 0.05) is 13.0 Å². The topological polar surface area (TPSA) is 67.0 Å². The number of ether oxygens (including phenoxy) is 1. The van der Waals surface area contributed by atoms with Crippen molar-refractivity contribution in [2.75, 3.05) is 13.2 Å². The van der Waals surface area contributed by atoms with E-state index in [1.165, 1.54) is 18.2 Å². The van der Waals surface area contributed by atoms with Gasteiger partial charge in [-0.2, -0.15) is 0 Å². The smallest absolute Gasteiger partial charge is 0.257 e. The van der Waals surface area contributed by atoms with Crippen molar-refractivity contribution in [3.63, 3.8) is 0 Å². The van der Waals surface area contributed by atoms with Gasteiger partial charge in [0.25, 0.3) is 5.91 Å². The quantitative estimate of drug-likeness (QED) is 0.677. The molecular formula is C17H15BrFN3O2. The minimum absolute atomic E-state index is 0.135. The molecule has 2 N–H and O–H groups in total. The molecule has 3 rings (SSSR count). The minimum Gasteiger partial charge on any atom is -0.483 e. The van der Waals surface area contributed by atoms with Crippen molar-refractivity contribution in [2.24, 2.45) is 0 Å². The lowest BCUT2D eigenvalue weighted by Gasteiger charge is -2.08. The van der Waals surface area contributed by atoms with Crippen molar-refractivity contribution < 1.29 is 13.9 Å². The number of hydrogen-bond donors (Lipinski definition) is 2. The first-order chi connectivity index (χ1) is 11.6. The van der Waals surface area contributed by atoms with E-state index in [0.717, 1.165) is 16.9 Å². The molecule has 24 heavy (non-hydrogen) atoms. The molecule has 1 amide bonds. The number of rotatable bonds is 6. The molecule has 3 aromatic rings. The summed E-state index contributed by atoms with van der Waals surface area (Å²) >= 11 is 3.19. The van der Waals surface area contributed by atoms with Gasteiger partial charge in [0.2, 0.25) is 0 Å². The van der Waals surface area contributed by atoms with Crippen LogP contribution >= 0.6 is 15.9 Å². The molecule has 0 atom stereocenters. The van der Waals surface area contributed by atoms with Crippen LogP contribution in [-0.4, -0.2) is 29.0 Å². The van der Waals surface area contributed by atoms with Crippen LogP contribution in [0, 0.1) is 5.82 Å². The highest BCUT2D eigenvalue weighted by Gasteiger charge is 2.07. The second-order valence-electron chi connectivity index (χ2n) is 5.16. The zero-order valence-electron chi connectivity index (χ0n) is 12.7. The standard InChI is InChI=1S/C17H15BrFN3O2/c18-12-9-11(19)5-6-15(12)24-10-17(23)20-8-7-16-21-13-3-1-2-4-14(13)22-16/h1-6,9H,7-8,10H2,(H,20,23)(H,21,22). The third kappa shape index (κ3) is 4.11. The van der Waals surface area contributed by atoms with E-state index >= 15 is 0 Å². The van der Waals surface area contributed by atoms with Crippen LogP contribution in [0.5, 0.6) is 5.75 Å². The van der Waals surface area contributed by atoms with Crippen molar-refractivity contribution in [3.8, 4) is 5.75 Å². The van der Waals surface area contributed by atoms with Crippen molar-refractivity contribution >= 4 is 32.9 Å². The van der Waals surface area contributed by atoms with Crippen molar-refractivity contribution in [2.45, 2.75) is 6.42 Å². The van der Waals surface area contributed by atoms with Gasteiger partial charge >= 0.3 is 0 Å². The number of carbonyl (C=O) groups is 1. The summed E-state index contributed by atoms with van der Waals surface area (Å²) in [5, 5.41) is 2.76. The van der Waals surface area contributed by atoms with E-state index < -0.39 is 0 Å². The van der Waals surface area contributed by atoms with Gasteiger partial charge in [0.05, 0.1) is 15.5 Å². The molecule has 0 aliphatic carbocycles. The van der Waals surface area contributed by atoms with Crippen molar-refractivity contribution in [1.29, 1.82) is 0 Å². The summed E-state index contributed by atoms with van der Waals surface area (Å²) in [6.07, 6.45) is 0.598. The molecule has 0 saturated carbocycles. The molecule has 0 spiro atoms. The normalized spacial score (nSPS) is 10.8. The highest BCUT2D eigenvalue weighted by molar-refractivity contribution is 9.10. The molecule has 0 unspecified atom stereocenters. The van der Waals surface area contributed by atoms with Gasteiger partial charge in [-0.15, -0.1) is 0 Å². The van der Waals surface area contributed by atoms with Gasteiger partial charge in [-0.1, -0.05) is 12.1 Å². The average Bonchev–Trinajstić information content (AvgIpc) is 2.96. The number of aromatic amines is 1. The number of amides is 1. The number of imidazole rings is 1. The van der Waals surface area contributed by atoms with Gasteiger partial charge in [0.15, 0.2) is 6.61 Å². The van der Waals surface area contributed by atoms with E-state index in [0.29, 0.717) is 23.2 Å². The first kappa shape index (κ1) is 16.4. The lowest BCUT2D eigenvalue weighted by atomic mass is 10.3. The summed E-state index contributed by atoms with van der Waals surface area (Å²) in [4.78, 5) is 19.4. The zero-order valence-corrected chi connectivity index (χ0v) is 14.3. The van der Waals surface area contributed by atoms with E-state index in [-0.39, 0.29) is 18.3 Å². The Bertz CT molecular complexity index is 833. The van der Waals surface area contributed by atoms with Crippen LogP contribution in [0.1, 0.15) is 5.82 Å². The Morgan fingerprint density at radius 3 is 2.92 bits per heavy atom. The van der Waals surface area contributed by atoms with Gasteiger partial charge in [-0.25, -0.2) is 9.37 Å². The third-order valence-corrected chi connectivity index (χ3v) is 3.99. The molecule has 1 aromatic heterocycles. The molecule has 1 heterocycles. The zero-order chi connectivity index (χ0) is 16.9. The number of carbonyl (C=O) groups excluding carboxylic acids is 1. The summed E-state index contributed by atoms with van der Waals surface area (Å²) < 4.78 is 18.8. The predicted molar refractivity (Wildman–Crippen MR) is 92.4 cm³/mol. The fourth-order valence-corrected chi connectivity index (χ4v) is 2.70. The van der Waals surface area contributed by atoms with E-state index in [2.05, 4.69) is 31.2 Å². The second kappa shape index (κ2) is 7.44. The number of benzene rings is 2. The monoisotopic (exact) mass is 391 g/mol. The van der Waals surface area contributed by atoms with E-state index in [9.17, 15) is 9.18 Å². The van der Waals surface area contributed by atoms with Gasteiger partial charge in [-0.05, 0) is 46.3 Å². The summed E-state index contributed by atoms with van der Waals surface area (Å²) in [6, 6.07) is 11.8. The van der Waals surface area contributed by atoms with E-state index in [4.69, 9.17) is 4.74 Å². The summed E-state index contributed by atoms with van der Waals surface area (Å²) in [7, 11) is 0. The van der Waals surface area contributed by atoms with Crippen molar-refractivity contribution in [3.05, 3.63) is 58.6 Å². The number of nitrogens with zero attached hydrogens (tertiary/aromatic N) is 1. The average molecular weight is 392 g/mol. The van der Waals surface area contributed by atoms with Gasteiger partial charge in [0.1, 0.15) is 17.4 Å². The van der Waals surface area contributed by atoms with Crippen LogP contribution in [0.3, 0.4) is 0 Å². The summed E-state index contributed by atoms with van der Waals surface area (Å²) in [5.74, 6) is 0.620. The highest BCUT2D eigenvalue weighted by atomic mass is 79.9. The molecular weight excluding hydrogens is 377 g/mol. The summed E-state index contributed by atoms with van der Waals surface area (Å²) in [6.45, 7) is 0.316. The van der Waals surface area contributed by atoms with Gasteiger partial charge in [-0.3, -0.25) is 4.79 Å². The van der Waals surface area contributed by atoms with Gasteiger partial charge < -0.3 is 15.0 Å². The highest BCUT2D eigenvalue weighted by Crippen LogP contribution is 2.25. The molecule has 2 aromatic carbocycles. The van der Waals surface area contributed by atoms with Crippen LogP contribution in [0.15, 0.2) is 46.9 Å². The molecule has 124 valence electrons. The maximum atomic E-state index is 13.0. The molecule has 5 nitrogen and oxygen atoms in total. The number of nitrogens with one attached hydrogen (secondary N) is 2. The molecule has 0 aliphatic rings. The third-order valence-electron chi connectivity index (χ3n) is 3.38. The number of halogens is 2. The Hall–Kier alpha value is -2.41. The number of para-hydroxylation sites is 2. The van der Waals surface area contributed by atoms with E-state index in [1.807, 2.05) is 24.3 Å². The Morgan fingerprint density at radius 1 is 1.29 bits per heavy atom. The lowest BCUT2D eigenvalue weighted by Crippen LogP contribution is -2.30. The first-order valence-electron chi connectivity index (χ1n) is 7.40. The van der Waals surface area contributed by atoms with Crippen LogP contribution < -0.4 is 10.1 Å². The molecule has 0 radical (unpaired) electrons.